The highest BCUT2D eigenvalue weighted by atomic mass is 16.5. The summed E-state index contributed by atoms with van der Waals surface area (Å²) in [5, 5.41) is 9.00. The van der Waals surface area contributed by atoms with Crippen LogP contribution in [0.3, 0.4) is 0 Å². The zero-order valence-corrected chi connectivity index (χ0v) is 11.2. The van der Waals surface area contributed by atoms with E-state index in [0.29, 0.717) is 5.92 Å². The number of ether oxygens (including phenoxy) is 1. The van der Waals surface area contributed by atoms with E-state index in [1.54, 1.807) is 13.3 Å². The fourth-order valence-electron chi connectivity index (χ4n) is 2.80. The van der Waals surface area contributed by atoms with Crippen molar-refractivity contribution >= 4 is 5.97 Å². The third-order valence-corrected chi connectivity index (χ3v) is 3.79. The van der Waals surface area contributed by atoms with Crippen molar-refractivity contribution in [3.05, 3.63) is 47.5 Å². The maximum absolute atomic E-state index is 11.0. The lowest BCUT2D eigenvalue weighted by molar-refractivity contribution is 0.0691. The van der Waals surface area contributed by atoms with Crippen molar-refractivity contribution in [3.63, 3.8) is 0 Å². The molecule has 0 bridgehead atoms. The first-order chi connectivity index (χ1) is 9.69. The molecule has 5 nitrogen and oxygen atoms in total. The number of para-hydroxylation sites is 1. The van der Waals surface area contributed by atoms with Crippen molar-refractivity contribution in [3.8, 4) is 5.75 Å². The van der Waals surface area contributed by atoms with E-state index in [0.717, 1.165) is 31.0 Å². The first kappa shape index (κ1) is 12.7. The van der Waals surface area contributed by atoms with Gasteiger partial charge in [-0.25, -0.2) is 9.78 Å². The summed E-state index contributed by atoms with van der Waals surface area (Å²) in [4.78, 5) is 15.1. The second-order valence-electron chi connectivity index (χ2n) is 4.98. The number of hydrogen-bond acceptors (Lipinski definition) is 3. The van der Waals surface area contributed by atoms with Gasteiger partial charge in [0.25, 0.3) is 0 Å². The van der Waals surface area contributed by atoms with Gasteiger partial charge in [0.2, 0.25) is 0 Å². The number of imidazole rings is 1. The van der Waals surface area contributed by atoms with Crippen molar-refractivity contribution < 1.29 is 14.6 Å². The highest BCUT2D eigenvalue weighted by Crippen LogP contribution is 2.34. The molecule has 0 aliphatic carbocycles. The van der Waals surface area contributed by atoms with E-state index in [9.17, 15) is 4.79 Å². The van der Waals surface area contributed by atoms with Crippen LogP contribution < -0.4 is 4.74 Å². The van der Waals surface area contributed by atoms with Crippen molar-refractivity contribution in [2.24, 2.45) is 0 Å². The average Bonchev–Trinajstić information content (AvgIpc) is 2.90. The number of benzene rings is 1. The second kappa shape index (κ2) is 5.00. The molecule has 0 fully saturated rings. The Balaban J connectivity index is 1.90. The lowest BCUT2D eigenvalue weighted by Crippen LogP contribution is -2.18. The maximum Gasteiger partial charge on any atom is 0.356 e. The molecule has 0 amide bonds. The normalized spacial score (nSPS) is 17.6. The predicted octanol–water partition coefficient (Wildman–Crippen LogP) is 2.32. The van der Waals surface area contributed by atoms with Crippen LogP contribution in [0.15, 0.2) is 30.5 Å². The number of aromatic carboxylic acids is 1. The molecule has 0 radical (unpaired) electrons. The molecule has 1 aromatic heterocycles. The second-order valence-corrected chi connectivity index (χ2v) is 4.98. The molecule has 0 saturated heterocycles. The summed E-state index contributed by atoms with van der Waals surface area (Å²) in [5.74, 6) is 1.10. The number of carbonyl (C=O) groups is 1. The highest BCUT2D eigenvalue weighted by Gasteiger charge is 2.24. The number of methoxy groups -OCH3 is 1. The van der Waals surface area contributed by atoms with Gasteiger partial charge in [0.15, 0.2) is 5.69 Å². The number of carboxylic acids is 1. The van der Waals surface area contributed by atoms with Gasteiger partial charge >= 0.3 is 5.97 Å². The van der Waals surface area contributed by atoms with E-state index in [1.807, 2.05) is 22.8 Å². The Morgan fingerprint density at radius 3 is 3.00 bits per heavy atom. The number of hydrogen-bond donors (Lipinski definition) is 1. The third kappa shape index (κ3) is 2.15. The molecule has 2 aromatic rings. The molecule has 0 saturated carbocycles. The summed E-state index contributed by atoms with van der Waals surface area (Å²) in [5.41, 5.74) is 1.30. The number of rotatable bonds is 3. The van der Waals surface area contributed by atoms with Gasteiger partial charge in [0.05, 0.1) is 7.11 Å². The summed E-state index contributed by atoms with van der Waals surface area (Å²) >= 11 is 0. The Bertz CT molecular complexity index is 648. The van der Waals surface area contributed by atoms with Crippen LogP contribution in [0, 0.1) is 0 Å². The van der Waals surface area contributed by atoms with Gasteiger partial charge in [0, 0.05) is 25.1 Å². The van der Waals surface area contributed by atoms with Gasteiger partial charge < -0.3 is 14.4 Å². The number of fused-ring (bicyclic) bond motifs is 1. The number of aromatic nitrogens is 2. The Morgan fingerprint density at radius 1 is 1.45 bits per heavy atom. The first-order valence-electron chi connectivity index (χ1n) is 6.61. The molecule has 1 atom stereocenters. The SMILES string of the molecule is COc1ccccc1C1CCc2nc(C(=O)O)cn2C1. The van der Waals surface area contributed by atoms with Crippen LogP contribution in [0.1, 0.15) is 34.2 Å². The molecule has 1 aliphatic rings. The average molecular weight is 272 g/mol. The number of nitrogens with zero attached hydrogens (tertiary/aromatic N) is 2. The summed E-state index contributed by atoms with van der Waals surface area (Å²) in [6.45, 7) is 0.746. The standard InChI is InChI=1S/C15H16N2O3/c1-20-13-5-3-2-4-11(13)10-6-7-14-16-12(15(18)19)9-17(14)8-10/h2-5,9-10H,6-8H2,1H3,(H,18,19). The van der Waals surface area contributed by atoms with E-state index >= 15 is 0 Å². The summed E-state index contributed by atoms with van der Waals surface area (Å²) < 4.78 is 7.36. The maximum atomic E-state index is 11.0. The third-order valence-electron chi connectivity index (χ3n) is 3.79. The lowest BCUT2D eigenvalue weighted by atomic mass is 9.91. The van der Waals surface area contributed by atoms with E-state index in [2.05, 4.69) is 11.1 Å². The van der Waals surface area contributed by atoms with E-state index in [4.69, 9.17) is 9.84 Å². The molecule has 2 heterocycles. The minimum absolute atomic E-state index is 0.126. The van der Waals surface area contributed by atoms with Gasteiger partial charge in [0.1, 0.15) is 11.6 Å². The van der Waals surface area contributed by atoms with E-state index < -0.39 is 5.97 Å². The molecule has 3 rings (SSSR count). The quantitative estimate of drug-likeness (QED) is 0.931. The van der Waals surface area contributed by atoms with Crippen molar-refractivity contribution in [2.75, 3.05) is 7.11 Å². The van der Waals surface area contributed by atoms with Crippen molar-refractivity contribution in [1.29, 1.82) is 0 Å². The van der Waals surface area contributed by atoms with Crippen LogP contribution in [-0.2, 0) is 13.0 Å². The van der Waals surface area contributed by atoms with Crippen LogP contribution in [0.5, 0.6) is 5.75 Å². The molecular formula is C15H16N2O3. The molecule has 0 spiro atoms. The minimum Gasteiger partial charge on any atom is -0.496 e. The van der Waals surface area contributed by atoms with Crippen molar-refractivity contribution in [1.82, 2.24) is 9.55 Å². The summed E-state index contributed by atoms with van der Waals surface area (Å²) in [6, 6.07) is 7.99. The van der Waals surface area contributed by atoms with E-state index in [-0.39, 0.29) is 5.69 Å². The molecule has 20 heavy (non-hydrogen) atoms. The highest BCUT2D eigenvalue weighted by molar-refractivity contribution is 5.85. The molecule has 1 N–H and O–H groups in total. The molecule has 1 unspecified atom stereocenters. The van der Waals surface area contributed by atoms with Crippen LogP contribution >= 0.6 is 0 Å². The molecular weight excluding hydrogens is 256 g/mol. The summed E-state index contributed by atoms with van der Waals surface area (Å²) in [6.07, 6.45) is 3.37. The topological polar surface area (TPSA) is 64.3 Å². The smallest absolute Gasteiger partial charge is 0.356 e. The molecule has 1 aromatic carbocycles. The van der Waals surface area contributed by atoms with Crippen LogP contribution in [-0.4, -0.2) is 27.7 Å². The number of aryl methyl sites for hydroxylation is 1. The minimum atomic E-state index is -0.972. The van der Waals surface area contributed by atoms with Gasteiger partial charge in [-0.2, -0.15) is 0 Å². The fraction of sp³-hybridized carbons (Fsp3) is 0.333. The van der Waals surface area contributed by atoms with Crippen LogP contribution in [0.2, 0.25) is 0 Å². The monoisotopic (exact) mass is 272 g/mol. The van der Waals surface area contributed by atoms with Gasteiger partial charge in [-0.05, 0) is 18.1 Å². The fourth-order valence-corrected chi connectivity index (χ4v) is 2.80. The van der Waals surface area contributed by atoms with Gasteiger partial charge in [-0.1, -0.05) is 18.2 Å². The van der Waals surface area contributed by atoms with Crippen molar-refractivity contribution in [2.45, 2.75) is 25.3 Å². The number of carboxylic acid groups (broad SMARTS) is 1. The Kier molecular flexibility index (Phi) is 3.18. The Hall–Kier alpha value is -2.30. The zero-order valence-electron chi connectivity index (χ0n) is 11.2. The van der Waals surface area contributed by atoms with Crippen LogP contribution in [0.25, 0.3) is 0 Å². The zero-order chi connectivity index (χ0) is 14.1. The van der Waals surface area contributed by atoms with Crippen LogP contribution in [0.4, 0.5) is 0 Å². The predicted molar refractivity (Wildman–Crippen MR) is 73.2 cm³/mol. The summed E-state index contributed by atoms with van der Waals surface area (Å²) in [7, 11) is 1.67. The Morgan fingerprint density at radius 2 is 2.25 bits per heavy atom. The largest absolute Gasteiger partial charge is 0.496 e. The Labute approximate surface area is 116 Å². The molecule has 5 heteroatoms. The molecule has 104 valence electrons. The van der Waals surface area contributed by atoms with Gasteiger partial charge in [-0.3, -0.25) is 0 Å². The lowest BCUT2D eigenvalue weighted by Gasteiger charge is -2.25. The van der Waals surface area contributed by atoms with Gasteiger partial charge in [-0.15, -0.1) is 0 Å². The molecule has 1 aliphatic heterocycles. The van der Waals surface area contributed by atoms with E-state index in [1.165, 1.54) is 5.56 Å². The first-order valence-corrected chi connectivity index (χ1v) is 6.61.